The van der Waals surface area contributed by atoms with E-state index in [1.54, 1.807) is 0 Å². The van der Waals surface area contributed by atoms with E-state index in [-0.39, 0.29) is 11.8 Å². The molecular formula is C23H35N3O2. The van der Waals surface area contributed by atoms with Crippen molar-refractivity contribution in [3.05, 3.63) is 23.8 Å². The van der Waals surface area contributed by atoms with Gasteiger partial charge in [0, 0.05) is 44.0 Å². The smallest absolute Gasteiger partial charge is 0.256 e. The molecule has 0 saturated carbocycles. The molecule has 5 heteroatoms. The number of benzene rings is 1. The number of piperidine rings is 2. The van der Waals surface area contributed by atoms with Crippen molar-refractivity contribution in [2.75, 3.05) is 36.4 Å². The molecule has 28 heavy (non-hydrogen) atoms. The molecule has 1 aromatic rings. The Morgan fingerprint density at radius 3 is 2.46 bits per heavy atom. The van der Waals surface area contributed by atoms with Crippen LogP contribution in [-0.2, 0) is 4.79 Å². The number of anilines is 2. The quantitative estimate of drug-likeness (QED) is 0.774. The maximum absolute atomic E-state index is 13.4. The van der Waals surface area contributed by atoms with Crippen LogP contribution in [-0.4, -0.2) is 42.9 Å². The lowest BCUT2D eigenvalue weighted by Crippen LogP contribution is -2.39. The molecule has 2 fully saturated rings. The number of carbonyl (C=O) groups excluding carboxylic acids is 2. The second kappa shape index (κ2) is 9.94. The molecule has 3 rings (SSSR count). The molecule has 2 amide bonds. The summed E-state index contributed by atoms with van der Waals surface area (Å²) in [6.45, 7) is 7.99. The van der Waals surface area contributed by atoms with Gasteiger partial charge < -0.3 is 15.1 Å². The molecule has 0 aliphatic carbocycles. The molecule has 154 valence electrons. The lowest BCUT2D eigenvalue weighted by atomic mass is 9.98. The normalized spacial score (nSPS) is 18.2. The largest absolute Gasteiger partial charge is 0.371 e. The maximum Gasteiger partial charge on any atom is 0.256 e. The van der Waals surface area contributed by atoms with Crippen LogP contribution in [0.4, 0.5) is 11.4 Å². The third kappa shape index (κ3) is 5.27. The topological polar surface area (TPSA) is 52.7 Å². The van der Waals surface area contributed by atoms with Gasteiger partial charge in [0.25, 0.3) is 5.91 Å². The van der Waals surface area contributed by atoms with Crippen LogP contribution in [0, 0.1) is 5.92 Å². The lowest BCUT2D eigenvalue weighted by molar-refractivity contribution is -0.116. The van der Waals surface area contributed by atoms with Crippen LogP contribution >= 0.6 is 0 Å². The zero-order valence-corrected chi connectivity index (χ0v) is 17.5. The molecule has 0 radical (unpaired) electrons. The molecule has 0 spiro atoms. The number of amides is 2. The molecule has 0 aromatic heterocycles. The number of nitrogens with zero attached hydrogens (tertiary/aromatic N) is 2. The third-order valence-corrected chi connectivity index (χ3v) is 6.04. The minimum Gasteiger partial charge on any atom is -0.371 e. The summed E-state index contributed by atoms with van der Waals surface area (Å²) in [5.41, 5.74) is 2.50. The number of hydrogen-bond donors (Lipinski definition) is 1. The van der Waals surface area contributed by atoms with E-state index in [2.05, 4.69) is 24.1 Å². The van der Waals surface area contributed by atoms with Crippen molar-refractivity contribution >= 4 is 23.2 Å². The molecule has 2 heterocycles. The van der Waals surface area contributed by atoms with Crippen LogP contribution in [0.1, 0.15) is 75.6 Å². The lowest BCUT2D eigenvalue weighted by Gasteiger charge is -2.34. The van der Waals surface area contributed by atoms with E-state index in [0.29, 0.717) is 12.3 Å². The van der Waals surface area contributed by atoms with Gasteiger partial charge in [0.1, 0.15) is 0 Å². The monoisotopic (exact) mass is 385 g/mol. The van der Waals surface area contributed by atoms with Crippen LogP contribution in [0.3, 0.4) is 0 Å². The highest BCUT2D eigenvalue weighted by Crippen LogP contribution is 2.29. The van der Waals surface area contributed by atoms with Crippen LogP contribution in [0.15, 0.2) is 18.2 Å². The summed E-state index contributed by atoms with van der Waals surface area (Å²) >= 11 is 0. The SMILES string of the molecule is CCCCC(=O)Nc1ccc(N2CCCCC2)c(C(=O)N2CCC(C)CC2)c1. The fraction of sp³-hybridized carbons (Fsp3) is 0.652. The Morgan fingerprint density at radius 1 is 1.07 bits per heavy atom. The van der Waals surface area contributed by atoms with Gasteiger partial charge >= 0.3 is 0 Å². The van der Waals surface area contributed by atoms with Crippen molar-refractivity contribution in [1.82, 2.24) is 4.90 Å². The number of unbranched alkanes of at least 4 members (excludes halogenated alkanes) is 1. The average Bonchev–Trinajstić information content (AvgIpc) is 2.73. The summed E-state index contributed by atoms with van der Waals surface area (Å²) in [5.74, 6) is 0.824. The summed E-state index contributed by atoms with van der Waals surface area (Å²) in [4.78, 5) is 29.9. The van der Waals surface area contributed by atoms with Crippen molar-refractivity contribution in [3.63, 3.8) is 0 Å². The van der Waals surface area contributed by atoms with Gasteiger partial charge in [0.2, 0.25) is 5.91 Å². The first-order valence-corrected chi connectivity index (χ1v) is 11.1. The van der Waals surface area contributed by atoms with Crippen LogP contribution < -0.4 is 10.2 Å². The van der Waals surface area contributed by atoms with Crippen molar-refractivity contribution in [2.24, 2.45) is 5.92 Å². The van der Waals surface area contributed by atoms with Gasteiger partial charge in [-0.3, -0.25) is 9.59 Å². The summed E-state index contributed by atoms with van der Waals surface area (Å²) in [6.07, 6.45) is 8.14. The highest BCUT2D eigenvalue weighted by atomic mass is 16.2. The van der Waals surface area contributed by atoms with Crippen molar-refractivity contribution < 1.29 is 9.59 Å². The molecule has 1 N–H and O–H groups in total. The molecule has 2 aliphatic rings. The molecule has 0 bridgehead atoms. The van der Waals surface area contributed by atoms with Gasteiger partial charge in [-0.05, 0) is 62.6 Å². The van der Waals surface area contributed by atoms with E-state index < -0.39 is 0 Å². The van der Waals surface area contributed by atoms with Crippen molar-refractivity contribution in [2.45, 2.75) is 65.2 Å². The minimum absolute atomic E-state index is 0.0257. The number of hydrogen-bond acceptors (Lipinski definition) is 3. The first-order chi connectivity index (χ1) is 13.6. The summed E-state index contributed by atoms with van der Waals surface area (Å²) in [7, 11) is 0. The van der Waals surface area contributed by atoms with Gasteiger partial charge in [0.15, 0.2) is 0 Å². The zero-order valence-electron chi connectivity index (χ0n) is 17.5. The van der Waals surface area contributed by atoms with Gasteiger partial charge in [-0.1, -0.05) is 20.3 Å². The van der Waals surface area contributed by atoms with Gasteiger partial charge in [0.05, 0.1) is 5.56 Å². The molecule has 1 aromatic carbocycles. The van der Waals surface area contributed by atoms with E-state index in [1.165, 1.54) is 19.3 Å². The summed E-state index contributed by atoms with van der Waals surface area (Å²) in [6, 6.07) is 5.87. The Morgan fingerprint density at radius 2 is 1.79 bits per heavy atom. The van der Waals surface area contributed by atoms with Gasteiger partial charge in [-0.25, -0.2) is 0 Å². The molecule has 0 unspecified atom stereocenters. The Kier molecular flexibility index (Phi) is 7.35. The maximum atomic E-state index is 13.4. The predicted octanol–water partition coefficient (Wildman–Crippen LogP) is 4.68. The van der Waals surface area contributed by atoms with Crippen molar-refractivity contribution in [1.29, 1.82) is 0 Å². The molecular weight excluding hydrogens is 350 g/mol. The first-order valence-electron chi connectivity index (χ1n) is 11.1. The highest BCUT2D eigenvalue weighted by molar-refractivity contribution is 6.02. The molecule has 2 saturated heterocycles. The van der Waals surface area contributed by atoms with Gasteiger partial charge in [-0.2, -0.15) is 0 Å². The Hall–Kier alpha value is -2.04. The summed E-state index contributed by atoms with van der Waals surface area (Å²) in [5, 5.41) is 2.98. The summed E-state index contributed by atoms with van der Waals surface area (Å²) < 4.78 is 0. The van der Waals surface area contributed by atoms with Gasteiger partial charge in [-0.15, -0.1) is 0 Å². The van der Waals surface area contributed by atoms with E-state index in [0.717, 1.165) is 68.8 Å². The highest BCUT2D eigenvalue weighted by Gasteiger charge is 2.26. The Bertz CT molecular complexity index is 674. The molecule has 5 nitrogen and oxygen atoms in total. The van der Waals surface area contributed by atoms with Crippen LogP contribution in [0.5, 0.6) is 0 Å². The second-order valence-corrected chi connectivity index (χ2v) is 8.41. The average molecular weight is 386 g/mol. The van der Waals surface area contributed by atoms with E-state index in [4.69, 9.17) is 0 Å². The fourth-order valence-electron chi connectivity index (χ4n) is 4.14. The molecule has 2 aliphatic heterocycles. The second-order valence-electron chi connectivity index (χ2n) is 8.41. The number of likely N-dealkylation sites (tertiary alicyclic amines) is 1. The van der Waals surface area contributed by atoms with E-state index in [1.807, 2.05) is 23.1 Å². The standard InChI is InChI=1S/C23H35N3O2/c1-3-4-8-22(27)24-19-9-10-21(25-13-6-5-7-14-25)20(17-19)23(28)26-15-11-18(2)12-16-26/h9-10,17-18H,3-8,11-16H2,1-2H3,(H,24,27). The van der Waals surface area contributed by atoms with Crippen LogP contribution in [0.25, 0.3) is 0 Å². The predicted molar refractivity (Wildman–Crippen MR) is 115 cm³/mol. The zero-order chi connectivity index (χ0) is 19.9. The van der Waals surface area contributed by atoms with E-state index in [9.17, 15) is 9.59 Å². The van der Waals surface area contributed by atoms with E-state index >= 15 is 0 Å². The molecule has 0 atom stereocenters. The van der Waals surface area contributed by atoms with Crippen molar-refractivity contribution in [3.8, 4) is 0 Å². The Balaban J connectivity index is 1.82. The number of carbonyl (C=O) groups is 2. The Labute approximate surface area is 169 Å². The number of nitrogens with one attached hydrogen (secondary N) is 1. The third-order valence-electron chi connectivity index (χ3n) is 6.04. The van der Waals surface area contributed by atoms with Crippen LogP contribution in [0.2, 0.25) is 0 Å². The minimum atomic E-state index is 0.0257. The first kappa shape index (κ1) is 20.7. The number of rotatable bonds is 6. The fourth-order valence-corrected chi connectivity index (χ4v) is 4.14.